The molecule has 0 radical (unpaired) electrons. The van der Waals surface area contributed by atoms with Gasteiger partial charge in [0.2, 0.25) is 0 Å². The van der Waals surface area contributed by atoms with Gasteiger partial charge >= 0.3 is 5.97 Å². The first-order chi connectivity index (χ1) is 14.0. The van der Waals surface area contributed by atoms with Crippen LogP contribution in [0.5, 0.6) is 11.5 Å². The fourth-order valence-electron chi connectivity index (χ4n) is 2.54. The number of esters is 1. The Morgan fingerprint density at radius 3 is 2.48 bits per heavy atom. The fourth-order valence-corrected chi connectivity index (χ4v) is 2.54. The van der Waals surface area contributed by atoms with Gasteiger partial charge in [-0.3, -0.25) is 4.79 Å². The van der Waals surface area contributed by atoms with E-state index in [4.69, 9.17) is 14.2 Å². The number of carbonyl (C=O) groups is 2. The third kappa shape index (κ3) is 4.70. The molecule has 9 nitrogen and oxygen atoms in total. The van der Waals surface area contributed by atoms with E-state index in [0.717, 1.165) is 0 Å². The zero-order valence-electron chi connectivity index (χ0n) is 16.2. The molecule has 0 atom stereocenters. The molecular weight excluding hydrogens is 376 g/mol. The topological polar surface area (TPSA) is 105 Å². The lowest BCUT2D eigenvalue weighted by atomic mass is 10.2. The van der Waals surface area contributed by atoms with E-state index in [1.54, 1.807) is 25.1 Å². The van der Waals surface area contributed by atoms with Crippen molar-refractivity contribution in [2.24, 2.45) is 0 Å². The van der Waals surface area contributed by atoms with Crippen LogP contribution in [0.15, 0.2) is 48.5 Å². The summed E-state index contributed by atoms with van der Waals surface area (Å²) < 4.78 is 15.4. The Bertz CT molecular complexity index is 1020. The Hall–Kier alpha value is -3.88. The highest BCUT2D eigenvalue weighted by molar-refractivity contribution is 5.96. The lowest BCUT2D eigenvalue weighted by molar-refractivity contribution is -0.119. The van der Waals surface area contributed by atoms with Crippen molar-refractivity contribution < 1.29 is 23.8 Å². The third-order valence-electron chi connectivity index (χ3n) is 3.98. The number of carbonyl (C=O) groups excluding carboxylic acids is 2. The van der Waals surface area contributed by atoms with Gasteiger partial charge in [0, 0.05) is 6.07 Å². The number of aromatic nitrogens is 3. The molecule has 0 unspecified atom stereocenters. The Labute approximate surface area is 167 Å². The minimum absolute atomic E-state index is 0.0422. The number of rotatable bonds is 7. The van der Waals surface area contributed by atoms with Gasteiger partial charge in [0.1, 0.15) is 11.5 Å². The number of hydrogen-bond acceptors (Lipinski definition) is 7. The second-order valence-electron chi connectivity index (χ2n) is 5.95. The van der Waals surface area contributed by atoms with E-state index in [1.807, 2.05) is 30.3 Å². The van der Waals surface area contributed by atoms with Crippen LogP contribution in [-0.4, -0.2) is 47.7 Å². The van der Waals surface area contributed by atoms with E-state index in [-0.39, 0.29) is 5.69 Å². The standard InChI is InChI=1S/C20H20N4O5/c1-13-19(23-24(22-13)14-7-5-4-6-8-14)20(26)29-12-18(25)21-16-11-15(27-2)9-10-17(16)28-3/h4-11H,12H2,1-3H3,(H,21,25). The van der Waals surface area contributed by atoms with Gasteiger partial charge in [-0.1, -0.05) is 18.2 Å². The van der Waals surface area contributed by atoms with Crippen molar-refractivity contribution in [1.82, 2.24) is 15.0 Å². The van der Waals surface area contributed by atoms with Crippen LogP contribution >= 0.6 is 0 Å². The maximum atomic E-state index is 12.3. The Kier molecular flexibility index (Phi) is 6.08. The first-order valence-electron chi connectivity index (χ1n) is 8.70. The zero-order valence-corrected chi connectivity index (χ0v) is 16.2. The summed E-state index contributed by atoms with van der Waals surface area (Å²) in [5.74, 6) is -0.270. The highest BCUT2D eigenvalue weighted by Crippen LogP contribution is 2.28. The molecule has 29 heavy (non-hydrogen) atoms. The molecule has 0 saturated carbocycles. The highest BCUT2D eigenvalue weighted by atomic mass is 16.5. The van der Waals surface area contributed by atoms with Gasteiger partial charge in [0.25, 0.3) is 5.91 Å². The Morgan fingerprint density at radius 1 is 1.03 bits per heavy atom. The number of methoxy groups -OCH3 is 2. The molecule has 1 N–H and O–H groups in total. The lowest BCUT2D eigenvalue weighted by Crippen LogP contribution is -2.21. The summed E-state index contributed by atoms with van der Waals surface area (Å²) in [4.78, 5) is 25.9. The molecule has 0 aliphatic rings. The molecule has 1 amide bonds. The molecule has 0 fully saturated rings. The second kappa shape index (κ2) is 8.87. The van der Waals surface area contributed by atoms with Gasteiger partial charge in [-0.15, -0.1) is 5.10 Å². The van der Waals surface area contributed by atoms with E-state index < -0.39 is 18.5 Å². The van der Waals surface area contributed by atoms with Crippen molar-refractivity contribution in [2.75, 3.05) is 26.1 Å². The SMILES string of the molecule is COc1ccc(OC)c(NC(=O)COC(=O)c2nn(-c3ccccc3)nc2C)c1. The minimum atomic E-state index is -0.738. The van der Waals surface area contributed by atoms with Crippen molar-refractivity contribution in [3.05, 3.63) is 59.9 Å². The molecule has 1 aromatic heterocycles. The summed E-state index contributed by atoms with van der Waals surface area (Å²) in [7, 11) is 3.00. The molecule has 150 valence electrons. The summed E-state index contributed by atoms with van der Waals surface area (Å²) in [5, 5.41) is 11.0. The second-order valence-corrected chi connectivity index (χ2v) is 5.95. The van der Waals surface area contributed by atoms with E-state index in [1.165, 1.54) is 19.0 Å². The van der Waals surface area contributed by atoms with Gasteiger partial charge in [-0.05, 0) is 31.2 Å². The van der Waals surface area contributed by atoms with Gasteiger partial charge < -0.3 is 19.5 Å². The normalized spacial score (nSPS) is 10.3. The van der Waals surface area contributed by atoms with Crippen LogP contribution in [0.4, 0.5) is 5.69 Å². The molecule has 0 aliphatic heterocycles. The van der Waals surface area contributed by atoms with Gasteiger partial charge in [0.15, 0.2) is 12.3 Å². The monoisotopic (exact) mass is 396 g/mol. The summed E-state index contributed by atoms with van der Waals surface area (Å²) in [6, 6.07) is 14.1. The summed E-state index contributed by atoms with van der Waals surface area (Å²) in [6.07, 6.45) is 0. The van der Waals surface area contributed by atoms with E-state index in [9.17, 15) is 9.59 Å². The number of hydrogen-bond donors (Lipinski definition) is 1. The number of ether oxygens (including phenoxy) is 3. The largest absolute Gasteiger partial charge is 0.497 e. The molecule has 3 rings (SSSR count). The number of benzene rings is 2. The maximum Gasteiger partial charge on any atom is 0.361 e. The van der Waals surface area contributed by atoms with Crippen molar-refractivity contribution in [2.45, 2.75) is 6.92 Å². The van der Waals surface area contributed by atoms with E-state index >= 15 is 0 Å². The maximum absolute atomic E-state index is 12.3. The van der Waals surface area contributed by atoms with Crippen LogP contribution in [0.2, 0.25) is 0 Å². The van der Waals surface area contributed by atoms with Crippen LogP contribution in [0, 0.1) is 6.92 Å². The van der Waals surface area contributed by atoms with Crippen molar-refractivity contribution >= 4 is 17.6 Å². The molecular formula is C20H20N4O5. The summed E-state index contributed by atoms with van der Waals surface area (Å²) in [5.41, 5.74) is 1.55. The predicted octanol–water partition coefficient (Wildman–Crippen LogP) is 2.39. The Balaban J connectivity index is 1.64. The van der Waals surface area contributed by atoms with Crippen molar-refractivity contribution in [3.8, 4) is 17.2 Å². The van der Waals surface area contributed by atoms with Crippen LogP contribution in [0.25, 0.3) is 5.69 Å². The molecule has 0 spiro atoms. The summed E-state index contributed by atoms with van der Waals surface area (Å²) >= 11 is 0. The predicted molar refractivity (Wildman–Crippen MR) is 105 cm³/mol. The smallest absolute Gasteiger partial charge is 0.361 e. The van der Waals surface area contributed by atoms with Crippen LogP contribution in [-0.2, 0) is 9.53 Å². The van der Waals surface area contributed by atoms with E-state index in [0.29, 0.717) is 28.6 Å². The third-order valence-corrected chi connectivity index (χ3v) is 3.98. The van der Waals surface area contributed by atoms with Crippen LogP contribution in [0.3, 0.4) is 0 Å². The minimum Gasteiger partial charge on any atom is -0.497 e. The van der Waals surface area contributed by atoms with Gasteiger partial charge in [-0.25, -0.2) is 4.79 Å². The Morgan fingerprint density at radius 2 is 1.79 bits per heavy atom. The van der Waals surface area contributed by atoms with Crippen molar-refractivity contribution in [1.29, 1.82) is 0 Å². The quantitative estimate of drug-likeness (QED) is 0.612. The molecule has 0 aliphatic carbocycles. The number of nitrogens with one attached hydrogen (secondary N) is 1. The first-order valence-corrected chi connectivity index (χ1v) is 8.70. The van der Waals surface area contributed by atoms with Gasteiger partial charge in [0.05, 0.1) is 31.3 Å². The average Bonchev–Trinajstić information content (AvgIpc) is 3.14. The van der Waals surface area contributed by atoms with Crippen LogP contribution in [0.1, 0.15) is 16.2 Å². The fraction of sp³-hybridized carbons (Fsp3) is 0.200. The molecule has 1 heterocycles. The molecule has 2 aromatic carbocycles. The molecule has 0 saturated heterocycles. The number of aryl methyl sites for hydroxylation is 1. The van der Waals surface area contributed by atoms with Crippen LogP contribution < -0.4 is 14.8 Å². The number of anilines is 1. The lowest BCUT2D eigenvalue weighted by Gasteiger charge is -2.11. The molecule has 0 bridgehead atoms. The van der Waals surface area contributed by atoms with E-state index in [2.05, 4.69) is 15.5 Å². The van der Waals surface area contributed by atoms with Crippen molar-refractivity contribution in [3.63, 3.8) is 0 Å². The van der Waals surface area contributed by atoms with Gasteiger partial charge in [-0.2, -0.15) is 9.90 Å². The number of amides is 1. The zero-order chi connectivity index (χ0) is 20.8. The highest BCUT2D eigenvalue weighted by Gasteiger charge is 2.19. The summed E-state index contributed by atoms with van der Waals surface area (Å²) in [6.45, 7) is 1.15. The molecule has 9 heteroatoms. The first kappa shape index (κ1) is 19.9. The average molecular weight is 396 g/mol. The number of nitrogens with zero attached hydrogens (tertiary/aromatic N) is 3. The molecule has 3 aromatic rings. The number of para-hydroxylation sites is 1.